The molecule has 0 spiro atoms. The zero-order valence-corrected chi connectivity index (χ0v) is 22.5. The molecule has 200 valence electrons. The van der Waals surface area contributed by atoms with Crippen LogP contribution < -0.4 is 16.0 Å². The number of urea groups is 1. The Morgan fingerprint density at radius 3 is 2.11 bits per heavy atom. The highest BCUT2D eigenvalue weighted by Crippen LogP contribution is 2.23. The second-order valence-electron chi connectivity index (χ2n) is 9.16. The molecule has 1 aliphatic rings. The summed E-state index contributed by atoms with van der Waals surface area (Å²) in [6, 6.07) is 19.9. The van der Waals surface area contributed by atoms with Crippen molar-refractivity contribution in [3.05, 3.63) is 89.4 Å². The van der Waals surface area contributed by atoms with Gasteiger partial charge in [-0.3, -0.25) is 4.79 Å². The van der Waals surface area contributed by atoms with Crippen LogP contribution in [-0.4, -0.2) is 57.5 Å². The van der Waals surface area contributed by atoms with Crippen LogP contribution in [0, 0.1) is 0 Å². The van der Waals surface area contributed by atoms with E-state index >= 15 is 0 Å². The number of sulfone groups is 1. The third kappa shape index (κ3) is 7.56. The monoisotopic (exact) mass is 554 g/mol. The van der Waals surface area contributed by atoms with Crippen LogP contribution in [0.4, 0.5) is 10.5 Å². The van der Waals surface area contributed by atoms with E-state index in [1.54, 1.807) is 0 Å². The topological polar surface area (TPSA) is 108 Å². The number of benzene rings is 3. The van der Waals surface area contributed by atoms with E-state index in [4.69, 9.17) is 11.6 Å². The normalized spacial score (nSPS) is 14.6. The van der Waals surface area contributed by atoms with Crippen molar-refractivity contribution in [2.45, 2.75) is 35.1 Å². The van der Waals surface area contributed by atoms with Crippen LogP contribution in [0.25, 0.3) is 0 Å². The molecule has 10 heteroatoms. The highest BCUT2D eigenvalue weighted by molar-refractivity contribution is 7.91. The lowest BCUT2D eigenvalue weighted by atomic mass is 10.1. The number of hydrogen-bond acceptors (Lipinski definition) is 5. The maximum absolute atomic E-state index is 13.0. The second kappa shape index (κ2) is 12.9. The predicted octanol–water partition coefficient (Wildman–Crippen LogP) is 4.12. The third-order valence-electron chi connectivity index (χ3n) is 6.38. The number of likely N-dealkylation sites (tertiary alicyclic amines) is 1. The summed E-state index contributed by atoms with van der Waals surface area (Å²) >= 11 is 5.86. The van der Waals surface area contributed by atoms with E-state index in [1.165, 1.54) is 61.4 Å². The van der Waals surface area contributed by atoms with E-state index in [0.29, 0.717) is 23.7 Å². The quantitative estimate of drug-likeness (QED) is 0.349. The minimum Gasteiger partial charge on any atom is -0.353 e. The number of carbonyl (C=O) groups excluding carboxylic acids is 2. The van der Waals surface area contributed by atoms with Gasteiger partial charge in [-0.1, -0.05) is 41.9 Å². The standard InChI is InChI=1S/C28H31ClN4O4S/c29-22-8-12-24(13-9-22)38(36,37)25-14-10-23(11-15-25)31-28(35)32-26(20-21-6-2-1-3-7-21)27(34)30-16-19-33-17-4-5-18-33/h1-3,6-15,26H,4-5,16-20H2,(H,30,34)(H2,31,32,35). The minimum atomic E-state index is -3.72. The lowest BCUT2D eigenvalue weighted by Crippen LogP contribution is -2.50. The molecule has 8 nitrogen and oxygen atoms in total. The van der Waals surface area contributed by atoms with E-state index in [1.807, 2.05) is 30.3 Å². The first-order valence-electron chi connectivity index (χ1n) is 12.5. The molecule has 3 aromatic carbocycles. The van der Waals surface area contributed by atoms with Gasteiger partial charge in [-0.2, -0.15) is 0 Å². The lowest BCUT2D eigenvalue weighted by Gasteiger charge is -2.20. The average molecular weight is 555 g/mol. The van der Waals surface area contributed by atoms with Gasteiger partial charge in [0, 0.05) is 30.2 Å². The predicted molar refractivity (Wildman–Crippen MR) is 148 cm³/mol. The molecule has 3 aromatic rings. The summed E-state index contributed by atoms with van der Waals surface area (Å²) < 4.78 is 25.7. The van der Waals surface area contributed by atoms with Crippen molar-refractivity contribution in [2.75, 3.05) is 31.5 Å². The van der Waals surface area contributed by atoms with Gasteiger partial charge in [0.15, 0.2) is 0 Å². The molecule has 38 heavy (non-hydrogen) atoms. The zero-order chi connectivity index (χ0) is 27.0. The molecule has 3 N–H and O–H groups in total. The average Bonchev–Trinajstić information content (AvgIpc) is 3.43. The van der Waals surface area contributed by atoms with Gasteiger partial charge in [0.25, 0.3) is 0 Å². The van der Waals surface area contributed by atoms with E-state index in [-0.39, 0.29) is 15.7 Å². The molecule has 0 saturated carbocycles. The van der Waals surface area contributed by atoms with Gasteiger partial charge >= 0.3 is 6.03 Å². The molecule has 1 fully saturated rings. The number of amides is 3. The Morgan fingerprint density at radius 2 is 1.47 bits per heavy atom. The van der Waals surface area contributed by atoms with Gasteiger partial charge in [0.1, 0.15) is 6.04 Å². The van der Waals surface area contributed by atoms with Crippen molar-refractivity contribution < 1.29 is 18.0 Å². The highest BCUT2D eigenvalue weighted by atomic mass is 35.5. The molecule has 0 radical (unpaired) electrons. The summed E-state index contributed by atoms with van der Waals surface area (Å²) in [5.74, 6) is -0.257. The molecule has 0 aliphatic carbocycles. The first-order chi connectivity index (χ1) is 18.3. The van der Waals surface area contributed by atoms with Crippen molar-refractivity contribution in [3.63, 3.8) is 0 Å². The largest absolute Gasteiger partial charge is 0.353 e. The number of hydrogen-bond donors (Lipinski definition) is 3. The van der Waals surface area contributed by atoms with E-state index in [0.717, 1.165) is 25.2 Å². The van der Waals surface area contributed by atoms with Crippen LogP contribution in [0.2, 0.25) is 5.02 Å². The Hall–Kier alpha value is -3.40. The second-order valence-corrected chi connectivity index (χ2v) is 11.5. The Morgan fingerprint density at radius 1 is 0.868 bits per heavy atom. The number of anilines is 1. The Balaban J connectivity index is 1.38. The van der Waals surface area contributed by atoms with Crippen LogP contribution in [-0.2, 0) is 21.1 Å². The molecular weight excluding hydrogens is 524 g/mol. The van der Waals surface area contributed by atoms with Crippen molar-refractivity contribution in [3.8, 4) is 0 Å². The van der Waals surface area contributed by atoms with E-state index in [9.17, 15) is 18.0 Å². The van der Waals surface area contributed by atoms with Gasteiger partial charge in [0.05, 0.1) is 9.79 Å². The lowest BCUT2D eigenvalue weighted by molar-refractivity contribution is -0.122. The first kappa shape index (κ1) is 27.6. The van der Waals surface area contributed by atoms with Crippen molar-refractivity contribution in [1.29, 1.82) is 0 Å². The van der Waals surface area contributed by atoms with Gasteiger partial charge in [-0.05, 0) is 80.0 Å². The van der Waals surface area contributed by atoms with Crippen LogP contribution in [0.15, 0.2) is 88.7 Å². The van der Waals surface area contributed by atoms with Crippen molar-refractivity contribution in [2.24, 2.45) is 0 Å². The van der Waals surface area contributed by atoms with Crippen LogP contribution in [0.5, 0.6) is 0 Å². The Kier molecular flexibility index (Phi) is 9.38. The summed E-state index contributed by atoms with van der Waals surface area (Å²) in [7, 11) is -3.72. The van der Waals surface area contributed by atoms with Gasteiger partial charge in [0.2, 0.25) is 15.7 Å². The fourth-order valence-corrected chi connectivity index (χ4v) is 5.71. The van der Waals surface area contributed by atoms with Crippen LogP contribution >= 0.6 is 11.6 Å². The van der Waals surface area contributed by atoms with Crippen molar-refractivity contribution in [1.82, 2.24) is 15.5 Å². The molecule has 1 atom stereocenters. The first-order valence-corrected chi connectivity index (χ1v) is 14.4. The van der Waals surface area contributed by atoms with Crippen molar-refractivity contribution >= 4 is 39.1 Å². The van der Waals surface area contributed by atoms with Crippen LogP contribution in [0.3, 0.4) is 0 Å². The fraction of sp³-hybridized carbons (Fsp3) is 0.286. The van der Waals surface area contributed by atoms with Gasteiger partial charge in [-0.25, -0.2) is 13.2 Å². The van der Waals surface area contributed by atoms with Gasteiger partial charge < -0.3 is 20.9 Å². The number of halogens is 1. The summed E-state index contributed by atoms with van der Waals surface area (Å²) in [4.78, 5) is 28.3. The Labute approximate surface area is 228 Å². The van der Waals surface area contributed by atoms with Gasteiger partial charge in [-0.15, -0.1) is 0 Å². The number of nitrogens with zero attached hydrogens (tertiary/aromatic N) is 1. The summed E-state index contributed by atoms with van der Waals surface area (Å²) in [5.41, 5.74) is 1.31. The Bertz CT molecular complexity index is 1330. The van der Waals surface area contributed by atoms with E-state index < -0.39 is 21.9 Å². The molecule has 1 aliphatic heterocycles. The number of rotatable bonds is 10. The molecule has 0 aromatic heterocycles. The maximum Gasteiger partial charge on any atom is 0.319 e. The summed E-state index contributed by atoms with van der Waals surface area (Å²) in [6.45, 7) is 3.38. The molecular formula is C28H31ClN4O4S. The molecule has 0 bridgehead atoms. The van der Waals surface area contributed by atoms with Crippen LogP contribution in [0.1, 0.15) is 18.4 Å². The smallest absolute Gasteiger partial charge is 0.319 e. The number of nitrogens with one attached hydrogen (secondary N) is 3. The molecule has 3 amide bonds. The third-order valence-corrected chi connectivity index (χ3v) is 8.41. The minimum absolute atomic E-state index is 0.0881. The summed E-state index contributed by atoms with van der Waals surface area (Å²) in [6.07, 6.45) is 2.70. The fourth-order valence-electron chi connectivity index (χ4n) is 4.32. The maximum atomic E-state index is 13.0. The molecule has 1 saturated heterocycles. The molecule has 1 unspecified atom stereocenters. The molecule has 1 heterocycles. The highest BCUT2D eigenvalue weighted by Gasteiger charge is 2.22. The SMILES string of the molecule is O=C(Nc1ccc(S(=O)(=O)c2ccc(Cl)cc2)cc1)NC(Cc1ccccc1)C(=O)NCCN1CCCC1. The zero-order valence-electron chi connectivity index (χ0n) is 20.9. The summed E-state index contributed by atoms with van der Waals surface area (Å²) in [5, 5.41) is 8.84. The number of carbonyl (C=O) groups is 2. The molecule has 4 rings (SSSR count). The van der Waals surface area contributed by atoms with E-state index in [2.05, 4.69) is 20.9 Å².